The molecule has 0 aliphatic carbocycles. The fraction of sp³-hybridized carbons (Fsp3) is 0.250. The third kappa shape index (κ3) is 3.22. The molecule has 1 heterocycles. The number of ether oxygens (including phenoxy) is 1. The van der Waals surface area contributed by atoms with Gasteiger partial charge in [-0.05, 0) is 19.2 Å². The van der Waals surface area contributed by atoms with Gasteiger partial charge in [-0.15, -0.1) is 12.4 Å². The van der Waals surface area contributed by atoms with Crippen molar-refractivity contribution in [2.45, 2.75) is 0 Å². The van der Waals surface area contributed by atoms with E-state index in [4.69, 9.17) is 9.15 Å². The number of para-hydroxylation sites is 1. The van der Waals surface area contributed by atoms with Crippen LogP contribution in [0.4, 0.5) is 0 Å². The minimum Gasteiger partial charge on any atom is -0.491 e. The zero-order valence-corrected chi connectivity index (χ0v) is 10.3. The normalized spacial score (nSPS) is 9.94. The van der Waals surface area contributed by atoms with Gasteiger partial charge in [0.2, 0.25) is 0 Å². The first-order valence-corrected chi connectivity index (χ1v) is 5.11. The van der Waals surface area contributed by atoms with Crippen LogP contribution in [0.25, 0.3) is 11.0 Å². The molecule has 0 aliphatic heterocycles. The summed E-state index contributed by atoms with van der Waals surface area (Å²) in [7, 11) is 1.85. The predicted molar refractivity (Wildman–Crippen MR) is 69.2 cm³/mol. The van der Waals surface area contributed by atoms with Crippen LogP contribution in [0, 0.1) is 0 Å². The van der Waals surface area contributed by atoms with Gasteiger partial charge in [0.25, 0.3) is 0 Å². The largest absolute Gasteiger partial charge is 0.491 e. The third-order valence-electron chi connectivity index (χ3n) is 2.22. The van der Waals surface area contributed by atoms with Gasteiger partial charge < -0.3 is 14.5 Å². The molecule has 17 heavy (non-hydrogen) atoms. The number of benzene rings is 1. The topological polar surface area (TPSA) is 51.5 Å². The Hall–Kier alpha value is -1.52. The Balaban J connectivity index is 0.00000144. The second-order valence-electron chi connectivity index (χ2n) is 3.38. The molecule has 0 radical (unpaired) electrons. The molecule has 0 unspecified atom stereocenters. The van der Waals surface area contributed by atoms with E-state index in [9.17, 15) is 4.79 Å². The summed E-state index contributed by atoms with van der Waals surface area (Å²) in [5, 5.41) is 3.79. The Morgan fingerprint density at radius 1 is 1.35 bits per heavy atom. The van der Waals surface area contributed by atoms with Gasteiger partial charge >= 0.3 is 5.63 Å². The molecule has 0 spiro atoms. The van der Waals surface area contributed by atoms with Crippen molar-refractivity contribution in [3.05, 3.63) is 40.8 Å². The number of rotatable bonds is 4. The number of likely N-dealkylation sites (N-methyl/N-ethyl adjacent to an activating group) is 1. The summed E-state index contributed by atoms with van der Waals surface area (Å²) in [6.45, 7) is 1.25. The number of hydrogen-bond acceptors (Lipinski definition) is 4. The lowest BCUT2D eigenvalue weighted by molar-refractivity contribution is 0.319. The molecule has 92 valence electrons. The maximum atomic E-state index is 11.3. The Morgan fingerprint density at radius 2 is 2.12 bits per heavy atom. The number of halogens is 1. The Kier molecular flexibility index (Phi) is 5.00. The molecule has 4 nitrogen and oxygen atoms in total. The zero-order valence-electron chi connectivity index (χ0n) is 9.43. The highest BCUT2D eigenvalue weighted by atomic mass is 35.5. The second-order valence-corrected chi connectivity index (χ2v) is 3.38. The monoisotopic (exact) mass is 255 g/mol. The molecule has 1 N–H and O–H groups in total. The van der Waals surface area contributed by atoms with Crippen molar-refractivity contribution in [3.8, 4) is 5.75 Å². The lowest BCUT2D eigenvalue weighted by atomic mass is 10.2. The smallest absolute Gasteiger partial charge is 0.339 e. The van der Waals surface area contributed by atoms with Crippen LogP contribution in [-0.2, 0) is 0 Å². The van der Waals surface area contributed by atoms with Crippen LogP contribution in [0.1, 0.15) is 0 Å². The van der Waals surface area contributed by atoms with Crippen molar-refractivity contribution in [3.63, 3.8) is 0 Å². The van der Waals surface area contributed by atoms with Crippen molar-refractivity contribution in [1.29, 1.82) is 0 Å². The fourth-order valence-electron chi connectivity index (χ4n) is 1.46. The van der Waals surface area contributed by atoms with Gasteiger partial charge in [0, 0.05) is 6.54 Å². The molecule has 0 atom stereocenters. The van der Waals surface area contributed by atoms with Crippen LogP contribution in [0.15, 0.2) is 39.5 Å². The second kappa shape index (κ2) is 6.27. The van der Waals surface area contributed by atoms with Crippen molar-refractivity contribution >= 4 is 23.4 Å². The molecule has 0 saturated heterocycles. The summed E-state index contributed by atoms with van der Waals surface area (Å²) in [6.07, 6.45) is 0. The highest BCUT2D eigenvalue weighted by Crippen LogP contribution is 2.22. The number of fused-ring (bicyclic) bond motifs is 1. The summed E-state index contributed by atoms with van der Waals surface area (Å²) in [5.74, 6) is 0.571. The van der Waals surface area contributed by atoms with E-state index in [1.807, 2.05) is 25.2 Å². The summed E-state index contributed by atoms with van der Waals surface area (Å²) in [4.78, 5) is 11.3. The first-order valence-electron chi connectivity index (χ1n) is 5.11. The van der Waals surface area contributed by atoms with Crippen LogP contribution in [0.5, 0.6) is 5.75 Å². The molecule has 0 fully saturated rings. The molecule has 0 saturated carbocycles. The number of hydrogen-bond donors (Lipinski definition) is 1. The molecule has 5 heteroatoms. The summed E-state index contributed by atoms with van der Waals surface area (Å²) in [5.41, 5.74) is 0.160. The van der Waals surface area contributed by atoms with E-state index in [2.05, 4.69) is 5.32 Å². The van der Waals surface area contributed by atoms with Gasteiger partial charge in [0.1, 0.15) is 17.9 Å². The van der Waals surface area contributed by atoms with Gasteiger partial charge in [-0.25, -0.2) is 4.79 Å². The van der Waals surface area contributed by atoms with Crippen LogP contribution < -0.4 is 15.7 Å². The van der Waals surface area contributed by atoms with E-state index in [1.165, 1.54) is 6.07 Å². The third-order valence-corrected chi connectivity index (χ3v) is 2.22. The van der Waals surface area contributed by atoms with Crippen molar-refractivity contribution < 1.29 is 9.15 Å². The van der Waals surface area contributed by atoms with Crippen molar-refractivity contribution in [2.24, 2.45) is 0 Å². The number of nitrogens with one attached hydrogen (secondary N) is 1. The van der Waals surface area contributed by atoms with Crippen LogP contribution >= 0.6 is 12.4 Å². The minimum absolute atomic E-state index is 0. The molecular formula is C12H14ClNO3. The molecular weight excluding hydrogens is 242 g/mol. The van der Waals surface area contributed by atoms with Crippen molar-refractivity contribution in [1.82, 2.24) is 5.32 Å². The molecule has 2 rings (SSSR count). The average Bonchev–Trinajstić information content (AvgIpc) is 2.29. The standard InChI is InChI=1S/C12H13NO3.ClH/c1-13-6-7-15-11-8-12(14)16-10-5-3-2-4-9(10)11;/h2-5,8,13H,6-7H2,1H3;1H. The lowest BCUT2D eigenvalue weighted by Crippen LogP contribution is -2.16. The summed E-state index contributed by atoms with van der Waals surface area (Å²) < 4.78 is 10.6. The highest BCUT2D eigenvalue weighted by Gasteiger charge is 2.05. The maximum Gasteiger partial charge on any atom is 0.339 e. The molecule has 0 bridgehead atoms. The average molecular weight is 256 g/mol. The molecule has 2 aromatic rings. The van der Waals surface area contributed by atoms with Gasteiger partial charge in [-0.2, -0.15) is 0 Å². The Bertz CT molecular complexity index is 539. The Labute approximate surface area is 105 Å². The van der Waals surface area contributed by atoms with E-state index < -0.39 is 5.63 Å². The minimum atomic E-state index is -0.391. The lowest BCUT2D eigenvalue weighted by Gasteiger charge is -2.07. The van der Waals surface area contributed by atoms with Crippen LogP contribution in [-0.4, -0.2) is 20.2 Å². The SMILES string of the molecule is CNCCOc1cc(=O)oc2ccccc12.Cl. The zero-order chi connectivity index (χ0) is 11.4. The molecule has 1 aromatic carbocycles. The van der Waals surface area contributed by atoms with E-state index in [0.29, 0.717) is 17.9 Å². The van der Waals surface area contributed by atoms with Crippen molar-refractivity contribution in [2.75, 3.05) is 20.2 Å². The van der Waals surface area contributed by atoms with E-state index in [-0.39, 0.29) is 12.4 Å². The van der Waals surface area contributed by atoms with Crippen LogP contribution in [0.2, 0.25) is 0 Å². The first kappa shape index (κ1) is 13.5. The molecule has 0 aliphatic rings. The summed E-state index contributed by atoms with van der Waals surface area (Å²) in [6, 6.07) is 8.70. The van der Waals surface area contributed by atoms with Crippen LogP contribution in [0.3, 0.4) is 0 Å². The van der Waals surface area contributed by atoms with E-state index in [0.717, 1.165) is 11.9 Å². The maximum absolute atomic E-state index is 11.3. The van der Waals surface area contributed by atoms with E-state index >= 15 is 0 Å². The molecule has 1 aromatic heterocycles. The van der Waals surface area contributed by atoms with Gasteiger partial charge in [0.05, 0.1) is 11.5 Å². The highest BCUT2D eigenvalue weighted by molar-refractivity contribution is 5.85. The first-order chi connectivity index (χ1) is 7.81. The fourth-order valence-corrected chi connectivity index (χ4v) is 1.46. The Morgan fingerprint density at radius 3 is 2.88 bits per heavy atom. The predicted octanol–water partition coefficient (Wildman–Crippen LogP) is 1.81. The van der Waals surface area contributed by atoms with E-state index in [1.54, 1.807) is 6.07 Å². The quantitative estimate of drug-likeness (QED) is 0.669. The summed E-state index contributed by atoms with van der Waals surface area (Å²) >= 11 is 0. The van der Waals surface area contributed by atoms with Gasteiger partial charge in [0.15, 0.2) is 0 Å². The van der Waals surface area contributed by atoms with Gasteiger partial charge in [-0.1, -0.05) is 12.1 Å². The molecule has 0 amide bonds. The van der Waals surface area contributed by atoms with Gasteiger partial charge in [-0.3, -0.25) is 0 Å².